The number of rotatable bonds is 27. The molecule has 0 saturated heterocycles. The third-order valence-corrected chi connectivity index (χ3v) is 14.6. The highest BCUT2D eigenvalue weighted by Crippen LogP contribution is 2.34. The number of aryl methyl sites for hydroxylation is 2. The van der Waals surface area contributed by atoms with E-state index in [1.807, 2.05) is 31.2 Å². The molecule has 22 nitrogen and oxygen atoms in total. The van der Waals surface area contributed by atoms with Crippen molar-refractivity contribution in [2.75, 3.05) is 66.3 Å². The van der Waals surface area contributed by atoms with Crippen molar-refractivity contribution < 1.29 is 59.6 Å². The van der Waals surface area contributed by atoms with Crippen LogP contribution in [-0.2, 0) is 66.6 Å². The van der Waals surface area contributed by atoms with Crippen LogP contribution in [0.4, 0.5) is 28.4 Å². The van der Waals surface area contributed by atoms with Gasteiger partial charge in [-0.25, -0.2) is 27.2 Å². The second-order valence-corrected chi connectivity index (χ2v) is 20.5. The standard InChI is InChI=1S/C53H60N10O12S2/c1-6-74-53(67)52(66)60-59-43-16-20-45(21-17-43)62-77(70,71)47-23-13-36(3)50(38(47)5)57-48(64)33-63-26-8-11-41(32-63)51(65)55-24-27-72-29-30-73-28-25-56-75-34-39-9-7-10-40(31-39)49-35(2)12-22-46(37(49)4)76(68,69)61-44-18-14-42(58-54)15-19-44/h7-23,26,31-32,56H,6,24-25,27-30,33-34H2,1-5H3,(H6-,54,55,57,58,59,60,61,62,64,65,66,67)/p+1. The highest BCUT2D eigenvalue weighted by Gasteiger charge is 2.24. The molecule has 6 aromatic rings. The summed E-state index contributed by atoms with van der Waals surface area (Å²) < 4.78 is 76.4. The summed E-state index contributed by atoms with van der Waals surface area (Å²) >= 11 is 0. The van der Waals surface area contributed by atoms with Gasteiger partial charge in [-0.3, -0.25) is 39.5 Å². The molecule has 0 aliphatic rings. The van der Waals surface area contributed by atoms with Crippen molar-refractivity contribution in [3.05, 3.63) is 155 Å². The lowest BCUT2D eigenvalue weighted by molar-refractivity contribution is -0.684. The molecule has 0 fully saturated rings. The number of anilines is 4. The maximum absolute atomic E-state index is 13.5. The number of hydroxylamine groups is 1. The molecule has 1 heterocycles. The fourth-order valence-corrected chi connectivity index (χ4v) is 10.4. The number of carbonyl (C=O) groups is 4. The van der Waals surface area contributed by atoms with Gasteiger partial charge in [0.25, 0.3) is 31.9 Å². The molecule has 0 unspecified atom stereocenters. The van der Waals surface area contributed by atoms with Crippen LogP contribution in [0.1, 0.15) is 45.1 Å². The summed E-state index contributed by atoms with van der Waals surface area (Å²) in [5, 5.41) is 8.96. The zero-order valence-electron chi connectivity index (χ0n) is 43.0. The average Bonchev–Trinajstić information content (AvgIpc) is 3.40. The van der Waals surface area contributed by atoms with Gasteiger partial charge in [-0.15, -0.1) is 0 Å². The average molecular weight is 1090 g/mol. The molecular formula is C53H61N10O12S2+. The predicted octanol–water partition coefficient (Wildman–Crippen LogP) is 6.27. The molecule has 1 aromatic heterocycles. The molecule has 406 valence electrons. The molecule has 24 heteroatoms. The summed E-state index contributed by atoms with van der Waals surface area (Å²) in [6, 6.07) is 29.4. The Hall–Kier alpha value is -8.13. The molecule has 0 atom stereocenters. The quantitative estimate of drug-likeness (QED) is 0.00705. The van der Waals surface area contributed by atoms with Gasteiger partial charge in [0, 0.05) is 36.2 Å². The van der Waals surface area contributed by atoms with Crippen LogP contribution in [-0.4, -0.2) is 86.7 Å². The van der Waals surface area contributed by atoms with Gasteiger partial charge in [0.2, 0.25) is 6.54 Å². The Bertz CT molecular complexity index is 3310. The number of sulfonamides is 2. The molecule has 0 spiro atoms. The third-order valence-electron chi connectivity index (χ3n) is 11.5. The number of benzene rings is 5. The summed E-state index contributed by atoms with van der Waals surface area (Å²) in [5.74, 6) is -2.89. The minimum Gasteiger partial charge on any atom is -0.459 e. The van der Waals surface area contributed by atoms with E-state index in [0.29, 0.717) is 71.4 Å². The van der Waals surface area contributed by atoms with Crippen LogP contribution < -0.4 is 41.0 Å². The van der Waals surface area contributed by atoms with Crippen molar-refractivity contribution in [3.63, 3.8) is 0 Å². The molecule has 0 radical (unpaired) electrons. The van der Waals surface area contributed by atoms with Crippen molar-refractivity contribution >= 4 is 72.2 Å². The number of pyridine rings is 1. The highest BCUT2D eigenvalue weighted by atomic mass is 32.2. The highest BCUT2D eigenvalue weighted by molar-refractivity contribution is 7.93. The van der Waals surface area contributed by atoms with E-state index in [9.17, 15) is 36.0 Å². The number of hydrogen-bond donors (Lipinski definition) is 8. The largest absolute Gasteiger partial charge is 0.459 e. The van der Waals surface area contributed by atoms with Gasteiger partial charge in [-0.2, -0.15) is 15.2 Å². The van der Waals surface area contributed by atoms with Gasteiger partial charge < -0.3 is 24.8 Å². The number of hydrogen-bond acceptors (Lipinski definition) is 16. The first-order valence-corrected chi connectivity index (χ1v) is 27.1. The first-order valence-electron chi connectivity index (χ1n) is 24.1. The summed E-state index contributed by atoms with van der Waals surface area (Å²) in [4.78, 5) is 55.3. The Morgan fingerprint density at radius 3 is 1.97 bits per heavy atom. The topological polar surface area (TPSA) is 298 Å². The van der Waals surface area contributed by atoms with E-state index in [-0.39, 0.29) is 54.3 Å². The number of aromatic nitrogens is 1. The van der Waals surface area contributed by atoms with E-state index >= 15 is 0 Å². The Kier molecular flexibility index (Phi) is 20.8. The van der Waals surface area contributed by atoms with Crippen LogP contribution >= 0.6 is 0 Å². The molecule has 5 aromatic carbocycles. The second-order valence-electron chi connectivity index (χ2n) is 17.2. The fourth-order valence-electron chi connectivity index (χ4n) is 7.79. The zero-order chi connectivity index (χ0) is 55.5. The van der Waals surface area contributed by atoms with E-state index < -0.39 is 37.8 Å². The molecule has 6 rings (SSSR count). The molecule has 3 amide bonds. The first-order chi connectivity index (χ1) is 36.9. The van der Waals surface area contributed by atoms with Crippen LogP contribution in [0, 0.1) is 33.2 Å². The van der Waals surface area contributed by atoms with Crippen LogP contribution in [0.3, 0.4) is 0 Å². The van der Waals surface area contributed by atoms with Gasteiger partial charge >= 0.3 is 11.9 Å². The molecule has 0 aliphatic carbocycles. The molecule has 0 bridgehead atoms. The predicted molar refractivity (Wildman–Crippen MR) is 287 cm³/mol. The number of nitrogens with one attached hydrogen (secondary N) is 8. The maximum atomic E-state index is 13.5. The van der Waals surface area contributed by atoms with Gasteiger partial charge in [0.05, 0.1) is 60.8 Å². The van der Waals surface area contributed by atoms with E-state index in [1.54, 1.807) is 88.5 Å². The molecule has 0 saturated carbocycles. The second kappa shape index (κ2) is 27.6. The molecule has 8 N–H and O–H groups in total. The third kappa shape index (κ3) is 16.7. The smallest absolute Gasteiger partial charge is 0.398 e. The number of amides is 3. The lowest BCUT2D eigenvalue weighted by atomic mass is 9.95. The number of hydrazine groups is 1. The van der Waals surface area contributed by atoms with Crippen molar-refractivity contribution in [1.29, 1.82) is 5.53 Å². The fraction of sp³-hybridized carbons (Fsp3) is 0.264. The minimum atomic E-state index is -4.13. The van der Waals surface area contributed by atoms with Crippen LogP contribution in [0.2, 0.25) is 0 Å². The normalized spacial score (nSPS) is 11.3. The Labute approximate surface area is 446 Å². The minimum absolute atomic E-state index is 0.0383. The van der Waals surface area contributed by atoms with Gasteiger partial charge in [0.15, 0.2) is 12.4 Å². The molecule has 0 aliphatic heterocycles. The lowest BCUT2D eigenvalue weighted by Gasteiger charge is -2.17. The van der Waals surface area contributed by atoms with E-state index in [0.717, 1.165) is 22.3 Å². The molecular weight excluding hydrogens is 1030 g/mol. The van der Waals surface area contributed by atoms with Gasteiger partial charge in [-0.1, -0.05) is 30.3 Å². The van der Waals surface area contributed by atoms with E-state index in [1.165, 1.54) is 41.1 Å². The Morgan fingerprint density at radius 2 is 1.31 bits per heavy atom. The summed E-state index contributed by atoms with van der Waals surface area (Å²) in [6.07, 6.45) is 3.15. The van der Waals surface area contributed by atoms with Crippen molar-refractivity contribution in [2.24, 2.45) is 5.11 Å². The van der Waals surface area contributed by atoms with Crippen molar-refractivity contribution in [3.8, 4) is 11.1 Å². The number of carbonyl (C=O) groups excluding carboxylic acids is 4. The number of nitrogens with zero attached hydrogens (tertiary/aromatic N) is 2. The Morgan fingerprint density at radius 1 is 0.688 bits per heavy atom. The van der Waals surface area contributed by atoms with E-state index in [2.05, 4.69) is 46.3 Å². The summed E-state index contributed by atoms with van der Waals surface area (Å²) in [7, 11) is -8.05. The van der Waals surface area contributed by atoms with Gasteiger partial charge in [-0.05, 0) is 146 Å². The van der Waals surface area contributed by atoms with Crippen molar-refractivity contribution in [2.45, 2.75) is 57.6 Å². The number of ether oxygens (including phenoxy) is 3. The summed E-state index contributed by atoms with van der Waals surface area (Å²) in [5.41, 5.74) is 21.7. The van der Waals surface area contributed by atoms with E-state index in [4.69, 9.17) is 19.8 Å². The van der Waals surface area contributed by atoms with Gasteiger partial charge in [0.1, 0.15) is 5.56 Å². The van der Waals surface area contributed by atoms with Crippen LogP contribution in [0.15, 0.2) is 136 Å². The van der Waals surface area contributed by atoms with Crippen LogP contribution in [0.25, 0.3) is 11.1 Å². The van der Waals surface area contributed by atoms with Crippen molar-refractivity contribution in [1.82, 2.24) is 16.2 Å². The molecule has 77 heavy (non-hydrogen) atoms. The summed E-state index contributed by atoms with van der Waals surface area (Å²) in [6.45, 7) is 10.5. The Balaban J connectivity index is 0.868. The first kappa shape index (κ1) is 58.1. The SMILES string of the molecule is CCOC(=O)C(=O)NNc1ccc(NS(=O)(=O)c2ccc(C)c(NC(=O)C[n+]3cccc(C(=O)NCCOCCOCCNOCc4cccc(-c5c(C)ccc(S(=O)(=O)Nc6ccc(N=N)cc6)c5C)c4)c3)c2C)cc1. The monoisotopic (exact) mass is 1090 g/mol. The maximum Gasteiger partial charge on any atom is 0.398 e. The zero-order valence-corrected chi connectivity index (χ0v) is 44.7. The lowest BCUT2D eigenvalue weighted by Crippen LogP contribution is -2.41. The number of esters is 1. The van der Waals surface area contributed by atoms with Crippen LogP contribution in [0.5, 0.6) is 0 Å².